The Balaban J connectivity index is 0.946. The standard InChI is InChI=1S/C47H56N16O2/c1-31-51-53-45-42(49-34-14-18-58(2)19-15-34)27-40(56-62(31)45)37-29-48-60(4)47(37)65-36-13-9-12-33(24-36)26-44-52-54-46-43(50-35-16-20-61(21-17-35)22-23-64-5)28-41(57-63(44)46)38-30-59(3)55-39(38)25-32-10-7-6-8-11-32/h6-13,24,27-30,34-35,49-50H,14-23,25-26H2,1-5H3. The monoisotopic (exact) mass is 876 g/mol. The Hall–Kier alpha value is -6.76. The van der Waals surface area contributed by atoms with Crippen LogP contribution in [0.5, 0.6) is 11.6 Å². The second-order valence-corrected chi connectivity index (χ2v) is 17.4. The second kappa shape index (κ2) is 18.4. The van der Waals surface area contributed by atoms with Crippen LogP contribution in [0.25, 0.3) is 33.8 Å². The molecular weight excluding hydrogens is 821 g/mol. The molecule has 2 aliphatic heterocycles. The van der Waals surface area contributed by atoms with Crippen LogP contribution in [0.4, 0.5) is 11.4 Å². The zero-order valence-electron chi connectivity index (χ0n) is 37.7. The Morgan fingerprint density at radius 1 is 0.692 bits per heavy atom. The highest BCUT2D eigenvalue weighted by molar-refractivity contribution is 5.76. The van der Waals surface area contributed by atoms with Gasteiger partial charge in [-0.15, -0.1) is 20.4 Å². The van der Waals surface area contributed by atoms with Gasteiger partial charge in [-0.3, -0.25) is 4.68 Å². The topological polar surface area (TPSA) is 171 Å². The van der Waals surface area contributed by atoms with E-state index in [0.717, 1.165) is 104 Å². The summed E-state index contributed by atoms with van der Waals surface area (Å²) in [5.41, 5.74) is 9.52. The average molecular weight is 877 g/mol. The van der Waals surface area contributed by atoms with Gasteiger partial charge in [-0.05, 0) is 88.1 Å². The molecule has 18 nitrogen and oxygen atoms in total. The first-order valence-electron chi connectivity index (χ1n) is 22.5. The zero-order chi connectivity index (χ0) is 44.4. The van der Waals surface area contributed by atoms with Crippen molar-refractivity contribution >= 4 is 22.7 Å². The van der Waals surface area contributed by atoms with Crippen LogP contribution in [0.3, 0.4) is 0 Å². The molecule has 0 aliphatic carbocycles. The van der Waals surface area contributed by atoms with E-state index in [-0.39, 0.29) is 6.04 Å². The molecule has 8 heterocycles. The third-order valence-electron chi connectivity index (χ3n) is 12.6. The van der Waals surface area contributed by atoms with Crippen LogP contribution in [-0.2, 0) is 31.7 Å². The molecule has 0 atom stereocenters. The molecule has 0 bridgehead atoms. The summed E-state index contributed by atoms with van der Waals surface area (Å²) in [6.07, 6.45) is 9.09. The molecule has 2 fully saturated rings. The molecule has 10 rings (SSSR count). The largest absolute Gasteiger partial charge is 0.439 e. The van der Waals surface area contributed by atoms with Crippen molar-refractivity contribution < 1.29 is 9.47 Å². The van der Waals surface area contributed by atoms with E-state index in [1.54, 1.807) is 22.5 Å². The number of nitrogens with zero attached hydrogens (tertiary/aromatic N) is 14. The summed E-state index contributed by atoms with van der Waals surface area (Å²) in [5, 5.41) is 45.7. The number of piperidine rings is 2. The lowest BCUT2D eigenvalue weighted by atomic mass is 10.0. The minimum absolute atomic E-state index is 0.274. The van der Waals surface area contributed by atoms with Gasteiger partial charge >= 0.3 is 0 Å². The predicted molar refractivity (Wildman–Crippen MR) is 248 cm³/mol. The number of benzene rings is 2. The molecule has 2 aromatic carbocycles. The lowest BCUT2D eigenvalue weighted by Crippen LogP contribution is -2.40. The zero-order valence-corrected chi connectivity index (χ0v) is 37.7. The molecule has 0 spiro atoms. The van der Waals surface area contributed by atoms with E-state index in [1.807, 2.05) is 60.5 Å². The number of aromatic nitrogens is 12. The van der Waals surface area contributed by atoms with Gasteiger partial charge in [-0.2, -0.15) is 29.4 Å². The van der Waals surface area contributed by atoms with Gasteiger partial charge in [0.1, 0.15) is 11.4 Å². The van der Waals surface area contributed by atoms with Gasteiger partial charge in [0.15, 0.2) is 11.6 Å². The molecule has 2 N–H and O–H groups in total. The number of nitrogens with one attached hydrogen (secondary N) is 2. The summed E-state index contributed by atoms with van der Waals surface area (Å²) in [4.78, 5) is 4.82. The summed E-state index contributed by atoms with van der Waals surface area (Å²) >= 11 is 0. The summed E-state index contributed by atoms with van der Waals surface area (Å²) in [6.45, 7) is 7.66. The van der Waals surface area contributed by atoms with Gasteiger partial charge in [0, 0.05) is 77.5 Å². The van der Waals surface area contributed by atoms with Crippen LogP contribution in [0, 0.1) is 6.92 Å². The van der Waals surface area contributed by atoms with E-state index in [1.165, 1.54) is 5.56 Å². The molecule has 65 heavy (non-hydrogen) atoms. The van der Waals surface area contributed by atoms with Gasteiger partial charge in [0.05, 0.1) is 41.1 Å². The molecule has 6 aromatic heterocycles. The Bertz CT molecular complexity index is 2900. The maximum Gasteiger partial charge on any atom is 0.227 e. The summed E-state index contributed by atoms with van der Waals surface area (Å²) < 4.78 is 19.3. The van der Waals surface area contributed by atoms with E-state index < -0.39 is 0 Å². The van der Waals surface area contributed by atoms with Crippen molar-refractivity contribution in [3.8, 4) is 34.1 Å². The highest BCUT2D eigenvalue weighted by Crippen LogP contribution is 2.35. The van der Waals surface area contributed by atoms with Crippen LogP contribution < -0.4 is 15.4 Å². The molecule has 0 unspecified atom stereocenters. The van der Waals surface area contributed by atoms with Crippen molar-refractivity contribution in [2.45, 2.75) is 57.5 Å². The Kier molecular flexibility index (Phi) is 11.9. The Morgan fingerprint density at radius 3 is 2.12 bits per heavy atom. The van der Waals surface area contributed by atoms with E-state index in [9.17, 15) is 0 Å². The van der Waals surface area contributed by atoms with Gasteiger partial charge < -0.3 is 29.9 Å². The Morgan fingerprint density at radius 2 is 1.37 bits per heavy atom. The van der Waals surface area contributed by atoms with Crippen molar-refractivity contribution in [1.82, 2.24) is 69.0 Å². The van der Waals surface area contributed by atoms with E-state index >= 15 is 0 Å². The summed E-state index contributed by atoms with van der Waals surface area (Å²) in [6, 6.07) is 23.2. The fraction of sp³-hybridized carbons (Fsp3) is 0.404. The van der Waals surface area contributed by atoms with Crippen molar-refractivity contribution in [2.75, 3.05) is 64.1 Å². The summed E-state index contributed by atoms with van der Waals surface area (Å²) in [7, 11) is 7.76. The molecule has 18 heteroatoms. The number of ether oxygens (including phenoxy) is 2. The van der Waals surface area contributed by atoms with Crippen molar-refractivity contribution in [2.24, 2.45) is 14.1 Å². The fourth-order valence-electron chi connectivity index (χ4n) is 9.01. The van der Waals surface area contributed by atoms with Crippen LogP contribution in [-0.4, -0.2) is 135 Å². The smallest absolute Gasteiger partial charge is 0.227 e. The number of anilines is 2. The van der Waals surface area contributed by atoms with Gasteiger partial charge in [0.2, 0.25) is 17.2 Å². The highest BCUT2D eigenvalue weighted by atomic mass is 16.5. The molecule has 0 radical (unpaired) electrons. The lowest BCUT2D eigenvalue weighted by Gasteiger charge is -2.32. The number of rotatable bonds is 15. The van der Waals surface area contributed by atoms with E-state index in [2.05, 4.69) is 85.4 Å². The number of hydrogen-bond acceptors (Lipinski definition) is 14. The first kappa shape index (κ1) is 42.2. The molecule has 8 aromatic rings. The first-order chi connectivity index (χ1) is 31.7. The molecule has 0 saturated carbocycles. The van der Waals surface area contributed by atoms with Crippen LogP contribution >= 0.6 is 0 Å². The van der Waals surface area contributed by atoms with Crippen LogP contribution in [0.2, 0.25) is 0 Å². The molecular formula is C47H56N16O2. The Labute approximate surface area is 377 Å². The van der Waals surface area contributed by atoms with Crippen molar-refractivity contribution in [3.05, 3.63) is 108 Å². The minimum atomic E-state index is 0.274. The van der Waals surface area contributed by atoms with Crippen molar-refractivity contribution in [3.63, 3.8) is 0 Å². The number of methoxy groups -OCH3 is 1. The lowest BCUT2D eigenvalue weighted by molar-refractivity contribution is 0.132. The van der Waals surface area contributed by atoms with Crippen molar-refractivity contribution in [1.29, 1.82) is 0 Å². The van der Waals surface area contributed by atoms with E-state index in [0.29, 0.717) is 59.2 Å². The normalized spacial score (nSPS) is 15.6. The highest BCUT2D eigenvalue weighted by Gasteiger charge is 2.25. The van der Waals surface area contributed by atoms with Crippen LogP contribution in [0.15, 0.2) is 79.1 Å². The maximum absolute atomic E-state index is 6.69. The number of hydrogen-bond donors (Lipinski definition) is 2. The quantitative estimate of drug-likeness (QED) is 0.129. The first-order valence-corrected chi connectivity index (χ1v) is 22.5. The maximum atomic E-state index is 6.69. The van der Waals surface area contributed by atoms with Gasteiger partial charge in [-0.25, -0.2) is 4.68 Å². The second-order valence-electron chi connectivity index (χ2n) is 17.4. The molecule has 2 aliphatic rings. The number of likely N-dealkylation sites (tertiary alicyclic amines) is 2. The third kappa shape index (κ3) is 9.14. The SMILES string of the molecule is COCCN1CCC(Nc2cc(-c3cn(C)nc3Cc3ccccc3)nn3c(Cc4cccc(Oc5c(-c6cc(NC7CCN(C)CC7)c7nnc(C)n7n6)cnn5C)c4)nnc23)CC1. The van der Waals surface area contributed by atoms with Gasteiger partial charge in [-0.1, -0.05) is 42.5 Å². The molecule has 2 saturated heterocycles. The number of fused-ring (bicyclic) bond motifs is 2. The van der Waals surface area contributed by atoms with Gasteiger partial charge in [0.25, 0.3) is 0 Å². The summed E-state index contributed by atoms with van der Waals surface area (Å²) in [5.74, 6) is 2.62. The van der Waals surface area contributed by atoms with Crippen LogP contribution in [0.1, 0.15) is 54.2 Å². The molecule has 0 amide bonds. The van der Waals surface area contributed by atoms with E-state index in [4.69, 9.17) is 35.0 Å². The number of aryl methyl sites for hydroxylation is 3. The molecule has 336 valence electrons. The fourth-order valence-corrected chi connectivity index (χ4v) is 9.01. The predicted octanol–water partition coefficient (Wildman–Crippen LogP) is 5.67. The minimum Gasteiger partial charge on any atom is -0.439 e. The average Bonchev–Trinajstić information content (AvgIpc) is 4.10. The third-order valence-corrected chi connectivity index (χ3v) is 12.6.